The topological polar surface area (TPSA) is 52.9 Å². The van der Waals surface area contributed by atoms with Crippen LogP contribution in [-0.2, 0) is 15.5 Å². The van der Waals surface area contributed by atoms with E-state index < -0.39 is 9.74 Å². The molecule has 154 valence electrons. The van der Waals surface area contributed by atoms with Gasteiger partial charge in [0.15, 0.2) is 0 Å². The SMILES string of the molecule is N#CC1(C(=O)NCCc2ccc(F)cc2)CC2(Br)c3ccccc3C1c1ccccc12. The van der Waals surface area contributed by atoms with Gasteiger partial charge in [-0.05, 0) is 52.8 Å². The quantitative estimate of drug-likeness (QED) is 0.529. The summed E-state index contributed by atoms with van der Waals surface area (Å²) in [4.78, 5) is 13.5. The molecule has 0 fully saturated rings. The lowest BCUT2D eigenvalue weighted by molar-refractivity contribution is -0.130. The molecule has 1 unspecified atom stereocenters. The van der Waals surface area contributed by atoms with Crippen molar-refractivity contribution in [3.05, 3.63) is 106 Å². The third kappa shape index (κ3) is 2.93. The predicted octanol–water partition coefficient (Wildman–Crippen LogP) is 5.18. The number of fused-ring (bicyclic) bond motifs is 1. The lowest BCUT2D eigenvalue weighted by atomic mass is 9.52. The van der Waals surface area contributed by atoms with E-state index in [-0.39, 0.29) is 17.6 Å². The maximum Gasteiger partial charge on any atom is 0.241 e. The van der Waals surface area contributed by atoms with Gasteiger partial charge in [-0.3, -0.25) is 4.79 Å². The second-order valence-corrected chi connectivity index (χ2v) is 9.65. The number of rotatable bonds is 4. The first kappa shape index (κ1) is 20.0. The fraction of sp³-hybridized carbons (Fsp3) is 0.231. The first-order valence-corrected chi connectivity index (χ1v) is 11.1. The van der Waals surface area contributed by atoms with Gasteiger partial charge >= 0.3 is 0 Å². The van der Waals surface area contributed by atoms with Crippen molar-refractivity contribution in [2.24, 2.45) is 5.41 Å². The molecule has 31 heavy (non-hydrogen) atoms. The van der Waals surface area contributed by atoms with E-state index in [2.05, 4.69) is 39.4 Å². The van der Waals surface area contributed by atoms with Crippen molar-refractivity contribution < 1.29 is 9.18 Å². The Morgan fingerprint density at radius 2 is 1.61 bits per heavy atom. The van der Waals surface area contributed by atoms with E-state index in [0.29, 0.717) is 19.4 Å². The Morgan fingerprint density at radius 1 is 1.03 bits per heavy atom. The number of nitrogens with zero attached hydrogens (tertiary/aromatic N) is 1. The number of nitriles is 1. The van der Waals surface area contributed by atoms with E-state index in [1.54, 1.807) is 12.1 Å². The van der Waals surface area contributed by atoms with Gasteiger partial charge < -0.3 is 5.32 Å². The number of nitrogens with one attached hydrogen (secondary N) is 1. The fourth-order valence-corrected chi connectivity index (χ4v) is 6.40. The molecule has 1 N–H and O–H groups in total. The molecular weight excluding hydrogens is 455 g/mol. The number of hydrogen-bond donors (Lipinski definition) is 1. The van der Waals surface area contributed by atoms with Crippen LogP contribution in [0.2, 0.25) is 0 Å². The number of amides is 1. The van der Waals surface area contributed by atoms with Crippen LogP contribution < -0.4 is 5.32 Å². The van der Waals surface area contributed by atoms with Gasteiger partial charge in [0, 0.05) is 12.5 Å². The van der Waals surface area contributed by atoms with Crippen molar-refractivity contribution in [3.8, 4) is 6.07 Å². The fourth-order valence-electron chi connectivity index (χ4n) is 5.23. The summed E-state index contributed by atoms with van der Waals surface area (Å²) in [6, 6.07) is 24.8. The standard InChI is InChI=1S/C26H20BrFN2O/c27-26-15-25(16-29,24(31)30-14-13-17-9-11-18(28)12-10-17)23(19-5-1-3-7-21(19)26)20-6-2-4-8-22(20)26/h1-12,23H,13-15H2,(H,30,31). The van der Waals surface area contributed by atoms with Crippen LogP contribution in [-0.4, -0.2) is 12.5 Å². The summed E-state index contributed by atoms with van der Waals surface area (Å²) in [5.74, 6) is -0.862. The van der Waals surface area contributed by atoms with Crippen molar-refractivity contribution in [3.63, 3.8) is 0 Å². The second kappa shape index (κ2) is 7.32. The summed E-state index contributed by atoms with van der Waals surface area (Å²) in [6.45, 7) is 0.388. The van der Waals surface area contributed by atoms with Crippen molar-refractivity contribution in [1.82, 2.24) is 5.32 Å². The zero-order valence-electron chi connectivity index (χ0n) is 16.7. The molecule has 0 heterocycles. The lowest BCUT2D eigenvalue weighted by Crippen LogP contribution is -2.54. The molecule has 0 aliphatic heterocycles. The minimum Gasteiger partial charge on any atom is -0.354 e. The molecule has 1 atom stereocenters. The van der Waals surface area contributed by atoms with Crippen LogP contribution in [0.25, 0.3) is 0 Å². The maximum absolute atomic E-state index is 13.5. The average molecular weight is 475 g/mol. The molecule has 2 bridgehead atoms. The molecule has 5 heteroatoms. The molecule has 3 nitrogen and oxygen atoms in total. The molecule has 3 aliphatic rings. The van der Waals surface area contributed by atoms with Gasteiger partial charge in [0.25, 0.3) is 0 Å². The third-order valence-corrected chi connectivity index (χ3v) is 7.76. The molecule has 6 rings (SSSR count). The zero-order valence-corrected chi connectivity index (χ0v) is 18.3. The van der Waals surface area contributed by atoms with E-state index in [4.69, 9.17) is 0 Å². The van der Waals surface area contributed by atoms with E-state index in [9.17, 15) is 14.4 Å². The Bertz CT molecular complexity index is 1170. The molecule has 3 aromatic rings. The van der Waals surface area contributed by atoms with Crippen LogP contribution in [0.15, 0.2) is 72.8 Å². The molecule has 3 aromatic carbocycles. The van der Waals surface area contributed by atoms with Crippen molar-refractivity contribution in [2.75, 3.05) is 6.54 Å². The van der Waals surface area contributed by atoms with E-state index in [1.165, 1.54) is 12.1 Å². The molecule has 0 saturated carbocycles. The molecule has 0 spiro atoms. The van der Waals surface area contributed by atoms with Crippen molar-refractivity contribution in [1.29, 1.82) is 5.26 Å². The van der Waals surface area contributed by atoms with Crippen molar-refractivity contribution >= 4 is 21.8 Å². The molecular formula is C26H20BrFN2O. The zero-order chi connectivity index (χ0) is 21.6. The summed E-state index contributed by atoms with van der Waals surface area (Å²) in [5.41, 5.74) is 4.03. The van der Waals surface area contributed by atoms with Crippen LogP contribution in [0, 0.1) is 22.6 Å². The monoisotopic (exact) mass is 474 g/mol. The maximum atomic E-state index is 13.5. The van der Waals surface area contributed by atoms with Crippen LogP contribution in [0.5, 0.6) is 0 Å². The van der Waals surface area contributed by atoms with Gasteiger partial charge in [-0.2, -0.15) is 5.26 Å². The van der Waals surface area contributed by atoms with Crippen LogP contribution in [0.3, 0.4) is 0 Å². The molecule has 0 aromatic heterocycles. The Morgan fingerprint density at radius 3 is 2.19 bits per heavy atom. The summed E-state index contributed by atoms with van der Waals surface area (Å²) in [6.07, 6.45) is 0.947. The van der Waals surface area contributed by atoms with Crippen molar-refractivity contribution in [2.45, 2.75) is 23.1 Å². The van der Waals surface area contributed by atoms with Gasteiger partial charge in [0.2, 0.25) is 5.91 Å². The normalized spacial score (nSPS) is 25.3. The largest absolute Gasteiger partial charge is 0.354 e. The number of carbonyl (C=O) groups excluding carboxylic acids is 1. The van der Waals surface area contributed by atoms with Crippen LogP contribution in [0.1, 0.15) is 40.2 Å². The highest BCUT2D eigenvalue weighted by atomic mass is 79.9. The summed E-state index contributed by atoms with van der Waals surface area (Å²) >= 11 is 3.96. The van der Waals surface area contributed by atoms with Crippen LogP contribution in [0.4, 0.5) is 4.39 Å². The Kier molecular flexibility index (Phi) is 4.71. The highest BCUT2D eigenvalue weighted by Crippen LogP contribution is 2.65. The first-order valence-electron chi connectivity index (χ1n) is 10.3. The van der Waals surface area contributed by atoms with Crippen LogP contribution >= 0.6 is 15.9 Å². The molecule has 1 amide bonds. The smallest absolute Gasteiger partial charge is 0.241 e. The van der Waals surface area contributed by atoms with Gasteiger partial charge in [-0.25, -0.2) is 4.39 Å². The average Bonchev–Trinajstić information content (AvgIpc) is 2.80. The Hall–Kier alpha value is -2.97. The number of benzene rings is 3. The number of alkyl halides is 1. The van der Waals surface area contributed by atoms with E-state index in [1.807, 2.05) is 36.4 Å². The summed E-state index contributed by atoms with van der Waals surface area (Å²) in [5, 5.41) is 13.4. The predicted molar refractivity (Wildman–Crippen MR) is 120 cm³/mol. The number of carbonyl (C=O) groups is 1. The van der Waals surface area contributed by atoms with E-state index in [0.717, 1.165) is 27.8 Å². The Balaban J connectivity index is 1.50. The number of halogens is 2. The molecule has 0 radical (unpaired) electrons. The van der Waals surface area contributed by atoms with Gasteiger partial charge in [0.05, 0.1) is 10.4 Å². The highest BCUT2D eigenvalue weighted by molar-refractivity contribution is 9.09. The summed E-state index contributed by atoms with van der Waals surface area (Å²) in [7, 11) is 0. The molecule has 0 saturated heterocycles. The Labute approximate surface area is 189 Å². The first-order chi connectivity index (χ1) is 15.0. The second-order valence-electron chi connectivity index (χ2n) is 8.30. The van der Waals surface area contributed by atoms with Gasteiger partial charge in [0.1, 0.15) is 11.2 Å². The lowest BCUT2D eigenvalue weighted by Gasteiger charge is -2.53. The minimum atomic E-state index is -1.21. The van der Waals surface area contributed by atoms with Gasteiger partial charge in [-0.15, -0.1) is 0 Å². The van der Waals surface area contributed by atoms with Gasteiger partial charge in [-0.1, -0.05) is 76.6 Å². The third-order valence-electron chi connectivity index (χ3n) is 6.63. The number of hydrogen-bond acceptors (Lipinski definition) is 2. The van der Waals surface area contributed by atoms with E-state index >= 15 is 0 Å². The minimum absolute atomic E-state index is 0.255. The highest BCUT2D eigenvalue weighted by Gasteiger charge is 2.62. The molecule has 3 aliphatic carbocycles. The summed E-state index contributed by atoms with van der Waals surface area (Å²) < 4.78 is 12.5.